The molecule has 8 aliphatic rings. The zero-order chi connectivity index (χ0) is 49.8. The zero-order valence-electron chi connectivity index (χ0n) is 39.8. The molecule has 25 atom stereocenters. The smallest absolute Gasteiger partial charge is 0.315 e. The summed E-state index contributed by atoms with van der Waals surface area (Å²) in [7, 11) is 0. The van der Waals surface area contributed by atoms with E-state index in [4.69, 9.17) is 28.4 Å². The maximum Gasteiger partial charge on any atom is 0.315 e. The van der Waals surface area contributed by atoms with Crippen LogP contribution in [-0.4, -0.2) is 191 Å². The monoisotopic (exact) mass is 972 g/mol. The molecule has 0 bridgehead atoms. The predicted molar refractivity (Wildman–Crippen MR) is 232 cm³/mol. The SMILES string of the molecule is C[C@H]1[C@H](C)CC[C@]2(C(=O)O[C@@H]3O[C@H](CO)[C@@H](O)[C@H](O)[C@H]3O)CC[C@]3(C(=O)O)C(=CC[C@@H]4[C@@]5(C)CC[C@H](O[C@@H]6O[C@H](CO)[C@@H](O)[C@H](O)[C@H]6O[C@@H]6O[C@H](CO)[C@@H](O)[C@H](O)[C@H]6O)C(C)(C)[C@@H]5CC[C@]43C)[C@H]12. The number of esters is 1. The first-order chi connectivity index (χ1) is 31.9. The van der Waals surface area contributed by atoms with E-state index in [-0.39, 0.29) is 36.5 Å². The largest absolute Gasteiger partial charge is 0.481 e. The number of carbonyl (C=O) groups is 2. The van der Waals surface area contributed by atoms with Gasteiger partial charge in [0.25, 0.3) is 0 Å². The summed E-state index contributed by atoms with van der Waals surface area (Å²) in [4.78, 5) is 29.1. The van der Waals surface area contributed by atoms with E-state index < -0.39 is 163 Å². The minimum Gasteiger partial charge on any atom is -0.481 e. The first kappa shape index (κ1) is 52.4. The molecule has 20 heteroatoms. The average molecular weight is 973 g/mol. The fourth-order valence-corrected chi connectivity index (χ4v) is 15.4. The molecular weight excluding hydrogens is 897 g/mol. The van der Waals surface area contributed by atoms with Crippen molar-refractivity contribution in [2.45, 2.75) is 198 Å². The number of carboxylic acid groups (broad SMARTS) is 1. The Bertz CT molecular complexity index is 1880. The van der Waals surface area contributed by atoms with Crippen LogP contribution in [0.3, 0.4) is 0 Å². The topological polar surface area (TPSA) is 332 Å². The Kier molecular flexibility index (Phi) is 14.5. The van der Waals surface area contributed by atoms with E-state index in [1.165, 1.54) is 0 Å². The van der Waals surface area contributed by atoms with E-state index in [2.05, 4.69) is 47.6 Å². The van der Waals surface area contributed by atoms with Crippen molar-refractivity contribution in [3.05, 3.63) is 11.6 Å². The van der Waals surface area contributed by atoms with Gasteiger partial charge in [-0.25, -0.2) is 0 Å². The summed E-state index contributed by atoms with van der Waals surface area (Å²) in [6, 6.07) is 0. The van der Waals surface area contributed by atoms with Crippen LogP contribution in [0.2, 0.25) is 0 Å². The molecule has 20 nitrogen and oxygen atoms in total. The highest BCUT2D eigenvalue weighted by molar-refractivity contribution is 5.85. The second-order valence-corrected chi connectivity index (χ2v) is 22.8. The number of allylic oxidation sites excluding steroid dienone is 1. The number of aliphatic hydroxyl groups excluding tert-OH is 11. The van der Waals surface area contributed by atoms with E-state index in [1.54, 1.807) is 0 Å². The zero-order valence-corrected chi connectivity index (χ0v) is 39.8. The van der Waals surface area contributed by atoms with Gasteiger partial charge in [-0.05, 0) is 104 Å². The molecule has 0 aromatic carbocycles. The van der Waals surface area contributed by atoms with Gasteiger partial charge in [0.05, 0.1) is 36.8 Å². The number of hydrogen-bond donors (Lipinski definition) is 12. The van der Waals surface area contributed by atoms with Gasteiger partial charge in [0.15, 0.2) is 12.6 Å². The number of rotatable bonds is 10. The van der Waals surface area contributed by atoms with Gasteiger partial charge in [0.2, 0.25) is 6.29 Å². The van der Waals surface area contributed by atoms with Crippen LogP contribution in [0.25, 0.3) is 0 Å². The fourth-order valence-electron chi connectivity index (χ4n) is 15.4. The average Bonchev–Trinajstić information content (AvgIpc) is 3.30. The molecule has 68 heavy (non-hydrogen) atoms. The third-order valence-corrected chi connectivity index (χ3v) is 19.5. The second-order valence-electron chi connectivity index (χ2n) is 22.8. The van der Waals surface area contributed by atoms with Gasteiger partial charge in [-0.2, -0.15) is 0 Å². The van der Waals surface area contributed by atoms with Crippen molar-refractivity contribution in [3.63, 3.8) is 0 Å². The molecule has 8 rings (SSSR count). The highest BCUT2D eigenvalue weighted by atomic mass is 16.8. The molecule has 5 aliphatic carbocycles. The fraction of sp³-hybridized carbons (Fsp3) is 0.917. The molecule has 4 saturated carbocycles. The number of aliphatic carboxylic acids is 1. The van der Waals surface area contributed by atoms with Gasteiger partial charge < -0.3 is 89.7 Å². The molecule has 3 heterocycles. The highest BCUT2D eigenvalue weighted by Crippen LogP contribution is 2.76. The van der Waals surface area contributed by atoms with Gasteiger partial charge in [-0.15, -0.1) is 0 Å². The third-order valence-electron chi connectivity index (χ3n) is 19.5. The van der Waals surface area contributed by atoms with Gasteiger partial charge in [0, 0.05) is 0 Å². The van der Waals surface area contributed by atoms with Crippen molar-refractivity contribution < 1.29 is 99.3 Å². The van der Waals surface area contributed by atoms with Gasteiger partial charge in [0.1, 0.15) is 73.2 Å². The lowest BCUT2D eigenvalue weighted by molar-refractivity contribution is -0.378. The van der Waals surface area contributed by atoms with Crippen molar-refractivity contribution in [2.24, 2.45) is 56.7 Å². The van der Waals surface area contributed by atoms with Gasteiger partial charge in [-0.1, -0.05) is 53.2 Å². The van der Waals surface area contributed by atoms with E-state index in [9.17, 15) is 70.9 Å². The maximum absolute atomic E-state index is 14.7. The summed E-state index contributed by atoms with van der Waals surface area (Å²) < 4.78 is 35.9. The lowest BCUT2D eigenvalue weighted by Crippen LogP contribution is -2.69. The molecular formula is C48H76O20. The number of hydrogen-bond acceptors (Lipinski definition) is 19. The van der Waals surface area contributed by atoms with Crippen molar-refractivity contribution in [3.8, 4) is 0 Å². The number of aliphatic hydroxyl groups is 11. The molecule has 0 amide bonds. The quantitative estimate of drug-likeness (QED) is 0.0714. The summed E-state index contributed by atoms with van der Waals surface area (Å²) in [5, 5.41) is 127. The van der Waals surface area contributed by atoms with E-state index in [0.717, 1.165) is 5.57 Å². The standard InChI is InChI=1S/C48H76O20/c1-20-9-14-47(43(62)68-40-37(59)34(56)31(53)24(18-50)64-40)15-16-48(42(60)61)22(29(47)21(20)2)7-8-27-45(5)12-11-28(44(3,4)26(45)10-13-46(27,48)6)66-41-38(35(57)32(54)25(19-51)65-41)67-39-36(58)33(55)30(52)23(17-49)63-39/h7,20-21,23-41,49-59H,8-19H2,1-6H3,(H,60,61)/t20-,21+,23-,24-,25-,26+,27-,28+,29+,30-,31-,32-,33+,34+,35+,36-,37-,38-,39+,40+,41+,45+,46-,47+,48-/m1/s1. The minimum atomic E-state index is -1.83. The van der Waals surface area contributed by atoms with Crippen LogP contribution in [-0.2, 0) is 38.0 Å². The van der Waals surface area contributed by atoms with Gasteiger partial charge >= 0.3 is 11.9 Å². The van der Waals surface area contributed by atoms with Crippen molar-refractivity contribution in [2.75, 3.05) is 19.8 Å². The molecule has 388 valence electrons. The molecule has 3 saturated heterocycles. The second kappa shape index (κ2) is 18.8. The Morgan fingerprint density at radius 3 is 1.78 bits per heavy atom. The molecule has 0 radical (unpaired) electrons. The number of ether oxygens (including phenoxy) is 6. The summed E-state index contributed by atoms with van der Waals surface area (Å²) in [5.74, 6) is -2.37. The number of fused-ring (bicyclic) bond motifs is 7. The van der Waals surface area contributed by atoms with Crippen LogP contribution >= 0.6 is 0 Å². The van der Waals surface area contributed by atoms with Crippen LogP contribution < -0.4 is 0 Å². The molecule has 0 aromatic heterocycles. The lowest BCUT2D eigenvalue weighted by atomic mass is 9.33. The van der Waals surface area contributed by atoms with Crippen LogP contribution in [0.4, 0.5) is 0 Å². The molecule has 0 unspecified atom stereocenters. The first-order valence-corrected chi connectivity index (χ1v) is 24.6. The van der Waals surface area contributed by atoms with Crippen molar-refractivity contribution in [1.29, 1.82) is 0 Å². The first-order valence-electron chi connectivity index (χ1n) is 24.6. The number of carboxylic acids is 1. The normalized spacial score (nSPS) is 53.4. The maximum atomic E-state index is 14.7. The molecule has 0 spiro atoms. The van der Waals surface area contributed by atoms with Crippen LogP contribution in [0.5, 0.6) is 0 Å². The Balaban J connectivity index is 1.08. The molecule has 3 aliphatic heterocycles. The Labute approximate surface area is 396 Å². The summed E-state index contributed by atoms with van der Waals surface area (Å²) in [6.45, 7) is 10.5. The Morgan fingerprint density at radius 2 is 1.19 bits per heavy atom. The van der Waals surface area contributed by atoms with E-state index >= 15 is 0 Å². The van der Waals surface area contributed by atoms with Crippen LogP contribution in [0.1, 0.15) is 99.3 Å². The van der Waals surface area contributed by atoms with Crippen molar-refractivity contribution in [1.82, 2.24) is 0 Å². The highest BCUT2D eigenvalue weighted by Gasteiger charge is 2.74. The van der Waals surface area contributed by atoms with E-state index in [1.807, 2.05) is 0 Å². The minimum absolute atomic E-state index is 0.0463. The summed E-state index contributed by atoms with van der Waals surface area (Å²) in [5.41, 5.74) is -3.67. The molecule has 7 fully saturated rings. The molecule has 12 N–H and O–H groups in total. The van der Waals surface area contributed by atoms with E-state index in [0.29, 0.717) is 44.9 Å². The van der Waals surface area contributed by atoms with Crippen LogP contribution in [0, 0.1) is 56.7 Å². The number of carbonyl (C=O) groups excluding carboxylic acids is 1. The van der Waals surface area contributed by atoms with Crippen molar-refractivity contribution >= 4 is 11.9 Å². The predicted octanol–water partition coefficient (Wildman–Crippen LogP) is -0.939. The Hall–Kier alpha value is -1.96. The summed E-state index contributed by atoms with van der Waals surface area (Å²) >= 11 is 0. The van der Waals surface area contributed by atoms with Gasteiger partial charge in [-0.3, -0.25) is 9.59 Å². The molecule has 0 aromatic rings. The third kappa shape index (κ3) is 7.76. The van der Waals surface area contributed by atoms with Crippen LogP contribution in [0.15, 0.2) is 11.6 Å². The lowest BCUT2D eigenvalue weighted by Gasteiger charge is -2.70. The summed E-state index contributed by atoms with van der Waals surface area (Å²) in [6.07, 6.45) is -18.5. The Morgan fingerprint density at radius 1 is 0.632 bits per heavy atom.